The van der Waals surface area contributed by atoms with Crippen molar-refractivity contribution in [2.24, 2.45) is 10.1 Å². The average Bonchev–Trinajstić information content (AvgIpc) is 2.30. The van der Waals surface area contributed by atoms with E-state index in [1.807, 2.05) is 11.8 Å². The maximum absolute atomic E-state index is 12.0. The van der Waals surface area contributed by atoms with Gasteiger partial charge in [0.1, 0.15) is 0 Å². The van der Waals surface area contributed by atoms with Gasteiger partial charge in [-0.3, -0.25) is 4.99 Å². The van der Waals surface area contributed by atoms with Gasteiger partial charge in [-0.2, -0.15) is 0 Å². The Bertz CT molecular complexity index is 602. The molecule has 0 atom stereocenters. The summed E-state index contributed by atoms with van der Waals surface area (Å²) in [5, 5.41) is 7.99. The minimum absolute atomic E-state index is 0. The highest BCUT2D eigenvalue weighted by molar-refractivity contribution is 14.0. The van der Waals surface area contributed by atoms with Gasteiger partial charge in [0.05, 0.1) is 22.8 Å². The zero-order chi connectivity index (χ0) is 16.3. The summed E-state index contributed by atoms with van der Waals surface area (Å²) >= 11 is 0. The van der Waals surface area contributed by atoms with Crippen LogP contribution in [0.4, 0.5) is 0 Å². The number of rotatable bonds is 4. The minimum atomic E-state index is -3.56. The second-order valence-corrected chi connectivity index (χ2v) is 10.1. The van der Waals surface area contributed by atoms with E-state index in [4.69, 9.17) is 5.14 Å². The molecule has 1 aliphatic rings. The summed E-state index contributed by atoms with van der Waals surface area (Å²) in [6.07, 6.45) is 0. The van der Waals surface area contributed by atoms with Crippen molar-refractivity contribution in [3.8, 4) is 0 Å². The number of nitrogens with zero attached hydrogens (tertiary/aromatic N) is 2. The second kappa shape index (κ2) is 8.11. The Morgan fingerprint density at radius 1 is 1.41 bits per heavy atom. The molecule has 0 aromatic heterocycles. The summed E-state index contributed by atoms with van der Waals surface area (Å²) in [6, 6.07) is 0. The highest BCUT2D eigenvalue weighted by atomic mass is 127. The van der Waals surface area contributed by atoms with Gasteiger partial charge in [0.2, 0.25) is 10.0 Å². The maximum atomic E-state index is 12.0. The van der Waals surface area contributed by atoms with Crippen molar-refractivity contribution in [2.45, 2.75) is 25.5 Å². The summed E-state index contributed by atoms with van der Waals surface area (Å²) in [5.41, 5.74) is 0. The van der Waals surface area contributed by atoms with Crippen LogP contribution in [-0.4, -0.2) is 70.1 Å². The van der Waals surface area contributed by atoms with E-state index in [2.05, 4.69) is 10.3 Å². The Labute approximate surface area is 149 Å². The Morgan fingerprint density at radius 2 is 2.00 bits per heavy atom. The lowest BCUT2D eigenvalue weighted by molar-refractivity contribution is 0.353. The molecule has 0 spiro atoms. The van der Waals surface area contributed by atoms with Crippen LogP contribution >= 0.6 is 24.0 Å². The Hall–Kier alpha value is -0.140. The summed E-state index contributed by atoms with van der Waals surface area (Å²) in [6.45, 7) is 6.57. The van der Waals surface area contributed by atoms with Crippen LogP contribution in [0.15, 0.2) is 4.99 Å². The molecule has 0 radical (unpaired) electrons. The van der Waals surface area contributed by atoms with E-state index in [-0.39, 0.29) is 42.0 Å². The quantitative estimate of drug-likeness (QED) is 0.322. The van der Waals surface area contributed by atoms with E-state index in [0.717, 1.165) is 0 Å². The predicted molar refractivity (Wildman–Crippen MR) is 98.8 cm³/mol. The summed E-state index contributed by atoms with van der Waals surface area (Å²) in [7, 11) is -6.68. The van der Waals surface area contributed by atoms with Crippen LogP contribution in [0.25, 0.3) is 0 Å². The van der Waals surface area contributed by atoms with Crippen LogP contribution in [-0.2, 0) is 19.9 Å². The van der Waals surface area contributed by atoms with Crippen LogP contribution in [0.1, 0.15) is 20.8 Å². The predicted octanol–water partition coefficient (Wildman–Crippen LogP) is -0.633. The molecule has 0 bridgehead atoms. The third-order valence-corrected chi connectivity index (χ3v) is 6.60. The Kier molecular flexibility index (Phi) is 8.05. The topological polar surface area (TPSA) is 122 Å². The first kappa shape index (κ1) is 21.9. The van der Waals surface area contributed by atoms with E-state index in [1.54, 1.807) is 13.8 Å². The Balaban J connectivity index is 0.00000441. The lowest BCUT2D eigenvalue weighted by atomic mass is 10.2. The largest absolute Gasteiger partial charge is 0.357 e. The molecule has 3 N–H and O–H groups in total. The number of guanidine groups is 1. The van der Waals surface area contributed by atoms with Crippen molar-refractivity contribution in [1.29, 1.82) is 0 Å². The standard InChI is InChI=1S/C11H24N4O4S2.HI/c1-4-13-10(14-5-7-21(12,18)19)15-6-8-20(16,17)11(2,3)9-15;/h4-9H2,1-3H3,(H,13,14)(H2,12,18,19);1H. The molecule has 0 unspecified atom stereocenters. The zero-order valence-electron chi connectivity index (χ0n) is 13.1. The molecule has 0 aromatic rings. The van der Waals surface area contributed by atoms with E-state index >= 15 is 0 Å². The molecule has 0 amide bonds. The zero-order valence-corrected chi connectivity index (χ0v) is 17.0. The van der Waals surface area contributed by atoms with Gasteiger partial charge in [-0.1, -0.05) is 0 Å². The molecular formula is C11H25IN4O4S2. The third kappa shape index (κ3) is 6.16. The van der Waals surface area contributed by atoms with Crippen molar-refractivity contribution < 1.29 is 16.8 Å². The van der Waals surface area contributed by atoms with Crippen LogP contribution in [0.5, 0.6) is 0 Å². The molecule has 8 nitrogen and oxygen atoms in total. The molecule has 1 saturated heterocycles. The van der Waals surface area contributed by atoms with Gasteiger partial charge >= 0.3 is 0 Å². The van der Waals surface area contributed by atoms with Crippen LogP contribution in [0, 0.1) is 0 Å². The minimum Gasteiger partial charge on any atom is -0.357 e. The molecule has 11 heteroatoms. The average molecular weight is 468 g/mol. The lowest BCUT2D eigenvalue weighted by Gasteiger charge is -2.39. The fraction of sp³-hybridized carbons (Fsp3) is 0.909. The molecule has 1 fully saturated rings. The van der Waals surface area contributed by atoms with Gasteiger partial charge < -0.3 is 10.2 Å². The number of hydrogen-bond acceptors (Lipinski definition) is 5. The highest BCUT2D eigenvalue weighted by Crippen LogP contribution is 2.23. The number of nitrogens with two attached hydrogens (primary N) is 1. The molecular weight excluding hydrogens is 443 g/mol. The van der Waals surface area contributed by atoms with E-state index < -0.39 is 24.6 Å². The highest BCUT2D eigenvalue weighted by Gasteiger charge is 2.40. The number of sulfonamides is 1. The van der Waals surface area contributed by atoms with Gasteiger partial charge in [-0.15, -0.1) is 24.0 Å². The van der Waals surface area contributed by atoms with Gasteiger partial charge in [0.15, 0.2) is 15.8 Å². The number of aliphatic imine (C=N–C) groups is 1. The van der Waals surface area contributed by atoms with Gasteiger partial charge in [0.25, 0.3) is 0 Å². The smallest absolute Gasteiger partial charge is 0.210 e. The van der Waals surface area contributed by atoms with E-state index in [0.29, 0.717) is 25.6 Å². The van der Waals surface area contributed by atoms with Crippen LogP contribution in [0.3, 0.4) is 0 Å². The molecule has 1 aliphatic heterocycles. The van der Waals surface area contributed by atoms with E-state index in [1.165, 1.54) is 0 Å². The Morgan fingerprint density at radius 3 is 2.45 bits per heavy atom. The number of primary sulfonamides is 1. The maximum Gasteiger partial charge on any atom is 0.210 e. The van der Waals surface area contributed by atoms with Crippen molar-refractivity contribution in [3.05, 3.63) is 0 Å². The first-order valence-corrected chi connectivity index (χ1v) is 10.1. The SMILES string of the molecule is CCNC(=NCCS(N)(=O)=O)N1CCS(=O)(=O)C(C)(C)C1.I. The van der Waals surface area contributed by atoms with Crippen LogP contribution < -0.4 is 10.5 Å². The molecule has 22 heavy (non-hydrogen) atoms. The molecule has 0 aromatic carbocycles. The summed E-state index contributed by atoms with van der Waals surface area (Å²) < 4.78 is 45.0. The van der Waals surface area contributed by atoms with Gasteiger partial charge in [0, 0.05) is 19.6 Å². The lowest BCUT2D eigenvalue weighted by Crippen LogP contribution is -2.57. The van der Waals surface area contributed by atoms with Crippen molar-refractivity contribution >= 4 is 49.8 Å². The number of hydrogen-bond donors (Lipinski definition) is 2. The second-order valence-electron chi connectivity index (χ2n) is 5.60. The monoisotopic (exact) mass is 468 g/mol. The van der Waals surface area contributed by atoms with Gasteiger partial charge in [-0.05, 0) is 20.8 Å². The molecule has 0 saturated carbocycles. The number of nitrogens with one attached hydrogen (secondary N) is 1. The molecule has 1 rings (SSSR count). The van der Waals surface area contributed by atoms with E-state index in [9.17, 15) is 16.8 Å². The van der Waals surface area contributed by atoms with Crippen LogP contribution in [0.2, 0.25) is 0 Å². The molecule has 132 valence electrons. The third-order valence-electron chi connectivity index (χ3n) is 3.32. The summed E-state index contributed by atoms with van der Waals surface area (Å²) in [4.78, 5) is 6.05. The van der Waals surface area contributed by atoms with Crippen molar-refractivity contribution in [1.82, 2.24) is 10.2 Å². The first-order valence-electron chi connectivity index (χ1n) is 6.74. The van der Waals surface area contributed by atoms with Crippen molar-refractivity contribution in [2.75, 3.05) is 37.7 Å². The van der Waals surface area contributed by atoms with Crippen molar-refractivity contribution in [3.63, 3.8) is 0 Å². The number of sulfone groups is 1. The summed E-state index contributed by atoms with van der Waals surface area (Å²) in [5.74, 6) is 0.334. The first-order chi connectivity index (χ1) is 9.48. The molecule has 0 aliphatic carbocycles. The number of halogens is 1. The van der Waals surface area contributed by atoms with Gasteiger partial charge in [-0.25, -0.2) is 22.0 Å². The molecule has 1 heterocycles. The fourth-order valence-electron chi connectivity index (χ4n) is 2.03. The normalized spacial score (nSPS) is 21.1. The fourth-order valence-corrected chi connectivity index (χ4v) is 3.74.